The van der Waals surface area contributed by atoms with Gasteiger partial charge in [0.15, 0.2) is 0 Å². The highest BCUT2D eigenvalue weighted by Crippen LogP contribution is 2.38. The molecule has 0 saturated carbocycles. The zero-order chi connectivity index (χ0) is 22.6. The molecule has 3 aromatic heterocycles. The topological polar surface area (TPSA) is 50.4 Å². The van der Waals surface area contributed by atoms with E-state index in [0.717, 1.165) is 60.9 Å². The lowest BCUT2D eigenvalue weighted by Gasteiger charge is -2.10. The van der Waals surface area contributed by atoms with E-state index < -0.39 is 0 Å². The second kappa shape index (κ2) is 7.15. The number of pyridine rings is 2. The van der Waals surface area contributed by atoms with Gasteiger partial charge in [0.2, 0.25) is 0 Å². The van der Waals surface area contributed by atoms with Gasteiger partial charge in [0.25, 0.3) is 0 Å². The smallest absolute Gasteiger partial charge is 0.150 e. The van der Waals surface area contributed by atoms with E-state index in [2.05, 4.69) is 40.8 Å². The number of aromatic nitrogens is 3. The van der Waals surface area contributed by atoms with Crippen molar-refractivity contribution in [3.8, 4) is 28.3 Å². The molecule has 0 radical (unpaired) electrons. The minimum atomic E-state index is 0.231. The Morgan fingerprint density at radius 3 is 2.18 bits per heavy atom. The van der Waals surface area contributed by atoms with Crippen molar-refractivity contribution in [3.05, 3.63) is 109 Å². The van der Waals surface area contributed by atoms with Gasteiger partial charge < -0.3 is 5.11 Å². The van der Waals surface area contributed by atoms with E-state index in [9.17, 15) is 5.11 Å². The molecule has 0 spiro atoms. The van der Waals surface area contributed by atoms with Crippen molar-refractivity contribution in [2.24, 2.45) is 0 Å². The molecule has 0 aliphatic rings. The molecule has 4 aromatic carbocycles. The number of rotatable bonds is 2. The number of hydrogen-bond donors (Lipinski definition) is 1. The summed E-state index contributed by atoms with van der Waals surface area (Å²) in [7, 11) is 0. The van der Waals surface area contributed by atoms with E-state index in [1.54, 1.807) is 6.07 Å². The molecule has 0 bridgehead atoms. The second-order valence-corrected chi connectivity index (χ2v) is 8.44. The van der Waals surface area contributed by atoms with Crippen LogP contribution in [0.3, 0.4) is 0 Å². The molecule has 34 heavy (non-hydrogen) atoms. The van der Waals surface area contributed by atoms with E-state index >= 15 is 0 Å². The van der Waals surface area contributed by atoms with Gasteiger partial charge in [-0.05, 0) is 35.7 Å². The van der Waals surface area contributed by atoms with E-state index in [1.165, 1.54) is 0 Å². The Bertz CT molecular complexity index is 1870. The van der Waals surface area contributed by atoms with Gasteiger partial charge in [-0.1, -0.05) is 78.9 Å². The van der Waals surface area contributed by atoms with E-state index in [4.69, 9.17) is 9.97 Å². The summed E-state index contributed by atoms with van der Waals surface area (Å²) in [6, 6.07) is 36.4. The SMILES string of the molecule is Oc1cccc2c3ccccc3n3c4cccc(-c5cccc(-c6ccccc6)n5)c4nc3c12. The van der Waals surface area contributed by atoms with Gasteiger partial charge >= 0.3 is 0 Å². The van der Waals surface area contributed by atoms with Crippen molar-refractivity contribution in [1.29, 1.82) is 0 Å². The number of fused-ring (bicyclic) bond motifs is 8. The zero-order valence-electron chi connectivity index (χ0n) is 18.2. The first-order chi connectivity index (χ1) is 16.8. The highest BCUT2D eigenvalue weighted by atomic mass is 16.3. The largest absolute Gasteiger partial charge is 0.507 e. The Morgan fingerprint density at radius 1 is 0.559 bits per heavy atom. The van der Waals surface area contributed by atoms with Crippen LogP contribution >= 0.6 is 0 Å². The average molecular weight is 438 g/mol. The molecule has 4 heteroatoms. The molecule has 0 aliphatic carbocycles. The Hall–Kier alpha value is -4.70. The molecule has 0 aliphatic heterocycles. The van der Waals surface area contributed by atoms with Crippen molar-refractivity contribution in [3.63, 3.8) is 0 Å². The van der Waals surface area contributed by atoms with Gasteiger partial charge in [0.05, 0.1) is 33.3 Å². The number of benzene rings is 4. The number of hydrogen-bond acceptors (Lipinski definition) is 3. The van der Waals surface area contributed by atoms with Crippen molar-refractivity contribution < 1.29 is 5.11 Å². The van der Waals surface area contributed by atoms with Crippen molar-refractivity contribution in [2.75, 3.05) is 0 Å². The Morgan fingerprint density at radius 2 is 1.26 bits per heavy atom. The Kier molecular flexibility index (Phi) is 3.96. The van der Waals surface area contributed by atoms with Crippen LogP contribution in [0.4, 0.5) is 0 Å². The van der Waals surface area contributed by atoms with Crippen LogP contribution in [-0.2, 0) is 0 Å². The Balaban J connectivity index is 1.59. The fourth-order valence-electron chi connectivity index (χ4n) is 4.97. The molecule has 0 fully saturated rings. The highest BCUT2D eigenvalue weighted by molar-refractivity contribution is 6.16. The predicted octanol–water partition coefficient (Wildman–Crippen LogP) is 7.23. The minimum Gasteiger partial charge on any atom is -0.507 e. The molecule has 7 rings (SSSR count). The average Bonchev–Trinajstić information content (AvgIpc) is 3.29. The number of phenols is 1. The van der Waals surface area contributed by atoms with Gasteiger partial charge in [0, 0.05) is 16.5 Å². The summed E-state index contributed by atoms with van der Waals surface area (Å²) in [5.41, 5.74) is 7.48. The molecule has 0 amide bonds. The lowest BCUT2D eigenvalue weighted by molar-refractivity contribution is 0.482. The molecule has 3 heterocycles. The second-order valence-electron chi connectivity index (χ2n) is 8.44. The summed E-state index contributed by atoms with van der Waals surface area (Å²) in [5, 5.41) is 13.7. The van der Waals surface area contributed by atoms with Crippen LogP contribution in [0.25, 0.3) is 60.9 Å². The first kappa shape index (κ1) is 18.8. The molecule has 1 N–H and O–H groups in total. The van der Waals surface area contributed by atoms with E-state index in [1.807, 2.05) is 66.7 Å². The fraction of sp³-hybridized carbons (Fsp3) is 0. The zero-order valence-corrected chi connectivity index (χ0v) is 18.2. The molecule has 0 atom stereocenters. The quantitative estimate of drug-likeness (QED) is 0.290. The number of phenolic OH excluding ortho intramolecular Hbond substituents is 1. The number of imidazole rings is 1. The molecular weight excluding hydrogens is 418 g/mol. The number of nitrogens with zero attached hydrogens (tertiary/aromatic N) is 3. The van der Waals surface area contributed by atoms with Crippen LogP contribution in [-0.4, -0.2) is 19.5 Å². The summed E-state index contributed by atoms with van der Waals surface area (Å²) in [4.78, 5) is 10.1. The van der Waals surface area contributed by atoms with Crippen molar-refractivity contribution >= 4 is 38.4 Å². The maximum absolute atomic E-state index is 10.8. The summed E-state index contributed by atoms with van der Waals surface area (Å²) in [5.74, 6) is 0.231. The Labute approximate surface area is 195 Å². The summed E-state index contributed by atoms with van der Waals surface area (Å²) in [6.07, 6.45) is 0. The third-order valence-electron chi connectivity index (χ3n) is 6.48. The summed E-state index contributed by atoms with van der Waals surface area (Å²) < 4.78 is 2.15. The van der Waals surface area contributed by atoms with Crippen molar-refractivity contribution in [1.82, 2.24) is 14.4 Å². The maximum Gasteiger partial charge on any atom is 0.150 e. The molecular formula is C30H19N3O. The third kappa shape index (κ3) is 2.66. The molecule has 7 aromatic rings. The van der Waals surface area contributed by atoms with Crippen LogP contribution in [0, 0.1) is 0 Å². The number of aromatic hydroxyl groups is 1. The monoisotopic (exact) mass is 437 g/mol. The highest BCUT2D eigenvalue weighted by Gasteiger charge is 2.18. The van der Waals surface area contributed by atoms with Gasteiger partial charge in [-0.25, -0.2) is 9.97 Å². The minimum absolute atomic E-state index is 0.231. The van der Waals surface area contributed by atoms with Gasteiger partial charge in [-0.2, -0.15) is 0 Å². The van der Waals surface area contributed by atoms with Gasteiger partial charge in [0.1, 0.15) is 11.4 Å². The summed E-state index contributed by atoms with van der Waals surface area (Å²) >= 11 is 0. The lowest BCUT2D eigenvalue weighted by atomic mass is 10.1. The predicted molar refractivity (Wildman–Crippen MR) is 138 cm³/mol. The maximum atomic E-state index is 10.8. The standard InChI is InChI=1S/C30H19N3O/c34-27-18-7-12-21-20-11-4-5-16-25(20)33-26-17-6-13-22(29(26)32-30(33)28(21)27)24-15-8-14-23(31-24)19-9-2-1-3-10-19/h1-18,34H. The summed E-state index contributed by atoms with van der Waals surface area (Å²) in [6.45, 7) is 0. The van der Waals surface area contributed by atoms with Crippen LogP contribution in [0.1, 0.15) is 0 Å². The van der Waals surface area contributed by atoms with Crippen molar-refractivity contribution in [2.45, 2.75) is 0 Å². The normalized spacial score (nSPS) is 11.6. The van der Waals surface area contributed by atoms with Gasteiger partial charge in [-0.15, -0.1) is 0 Å². The first-order valence-electron chi connectivity index (χ1n) is 11.3. The molecule has 0 saturated heterocycles. The lowest BCUT2D eigenvalue weighted by Crippen LogP contribution is -1.91. The van der Waals surface area contributed by atoms with Gasteiger partial charge in [-0.3, -0.25) is 4.40 Å². The van der Waals surface area contributed by atoms with Crippen LogP contribution < -0.4 is 0 Å². The third-order valence-corrected chi connectivity index (χ3v) is 6.48. The fourth-order valence-corrected chi connectivity index (χ4v) is 4.97. The number of para-hydroxylation sites is 2. The molecule has 160 valence electrons. The molecule has 4 nitrogen and oxygen atoms in total. The van der Waals surface area contributed by atoms with Crippen LogP contribution in [0.2, 0.25) is 0 Å². The van der Waals surface area contributed by atoms with Crippen LogP contribution in [0.15, 0.2) is 109 Å². The molecule has 0 unspecified atom stereocenters. The van der Waals surface area contributed by atoms with Crippen LogP contribution in [0.5, 0.6) is 5.75 Å². The first-order valence-corrected chi connectivity index (χ1v) is 11.3. The van der Waals surface area contributed by atoms with E-state index in [0.29, 0.717) is 0 Å². The van der Waals surface area contributed by atoms with E-state index in [-0.39, 0.29) is 5.75 Å².